The molecule has 1 aliphatic heterocycles. The highest BCUT2D eigenvalue weighted by molar-refractivity contribution is 8.00. The summed E-state index contributed by atoms with van der Waals surface area (Å²) < 4.78 is 0. The molecule has 0 saturated carbocycles. The lowest BCUT2D eigenvalue weighted by atomic mass is 10.0. The summed E-state index contributed by atoms with van der Waals surface area (Å²) in [5.74, 6) is 1.42. The lowest BCUT2D eigenvalue weighted by molar-refractivity contribution is -0.121. The van der Waals surface area contributed by atoms with E-state index in [0.717, 1.165) is 18.6 Å². The molecule has 0 aromatic heterocycles. The van der Waals surface area contributed by atoms with Crippen molar-refractivity contribution in [2.45, 2.75) is 44.4 Å². The molecular formula is C11H20N2OS2. The van der Waals surface area contributed by atoms with E-state index in [1.807, 2.05) is 13.8 Å². The normalized spacial score (nSPS) is 22.8. The van der Waals surface area contributed by atoms with Crippen LogP contribution in [0.4, 0.5) is 0 Å². The molecule has 0 spiro atoms. The number of rotatable bonds is 4. The second kappa shape index (κ2) is 6.45. The summed E-state index contributed by atoms with van der Waals surface area (Å²) in [5.41, 5.74) is 5.63. The highest BCUT2D eigenvalue weighted by Crippen LogP contribution is 2.25. The van der Waals surface area contributed by atoms with Crippen LogP contribution in [0.5, 0.6) is 0 Å². The van der Waals surface area contributed by atoms with Crippen molar-refractivity contribution in [2.75, 3.05) is 5.75 Å². The molecule has 1 rings (SSSR count). The van der Waals surface area contributed by atoms with E-state index in [1.54, 1.807) is 11.8 Å². The molecule has 2 unspecified atom stereocenters. The van der Waals surface area contributed by atoms with Gasteiger partial charge in [-0.15, -0.1) is 11.8 Å². The van der Waals surface area contributed by atoms with Crippen LogP contribution in [0.1, 0.15) is 33.1 Å². The van der Waals surface area contributed by atoms with Crippen LogP contribution in [0, 0.1) is 5.92 Å². The maximum Gasteiger partial charge on any atom is 0.233 e. The molecule has 3 N–H and O–H groups in total. The lowest BCUT2D eigenvalue weighted by Crippen LogP contribution is -2.49. The molecule has 0 aromatic carbocycles. The molecular weight excluding hydrogens is 240 g/mol. The Labute approximate surface area is 107 Å². The summed E-state index contributed by atoms with van der Waals surface area (Å²) in [4.78, 5) is 12.3. The standard InChI is InChI=1S/C11H20N2OS2/c1-7(2)9(10(12)15)13-11(14)8-5-3-4-6-16-8/h7-9H,3-6H2,1-2H3,(H2,12,15)(H,13,14). The Morgan fingerprint density at radius 2 is 2.19 bits per heavy atom. The van der Waals surface area contributed by atoms with E-state index < -0.39 is 0 Å². The molecule has 0 aromatic rings. The Morgan fingerprint density at radius 1 is 1.50 bits per heavy atom. The maximum atomic E-state index is 12.0. The lowest BCUT2D eigenvalue weighted by Gasteiger charge is -2.26. The predicted octanol–water partition coefficient (Wildman–Crippen LogP) is 1.70. The van der Waals surface area contributed by atoms with Gasteiger partial charge in [0.05, 0.1) is 16.3 Å². The number of thioether (sulfide) groups is 1. The minimum atomic E-state index is -0.176. The summed E-state index contributed by atoms with van der Waals surface area (Å²) >= 11 is 6.71. The summed E-state index contributed by atoms with van der Waals surface area (Å²) in [6, 6.07) is -0.176. The van der Waals surface area contributed by atoms with E-state index in [9.17, 15) is 4.79 Å². The number of carbonyl (C=O) groups excluding carboxylic acids is 1. The fourth-order valence-corrected chi connectivity index (χ4v) is 3.30. The van der Waals surface area contributed by atoms with E-state index in [-0.39, 0.29) is 23.1 Å². The van der Waals surface area contributed by atoms with Gasteiger partial charge in [0.2, 0.25) is 5.91 Å². The first-order valence-corrected chi connectivity index (χ1v) is 7.19. The van der Waals surface area contributed by atoms with E-state index in [0.29, 0.717) is 4.99 Å². The van der Waals surface area contributed by atoms with Gasteiger partial charge in [0.15, 0.2) is 0 Å². The zero-order valence-electron chi connectivity index (χ0n) is 9.86. The van der Waals surface area contributed by atoms with Gasteiger partial charge < -0.3 is 11.1 Å². The first-order chi connectivity index (χ1) is 7.52. The van der Waals surface area contributed by atoms with E-state index >= 15 is 0 Å². The van der Waals surface area contributed by atoms with Gasteiger partial charge in [-0.25, -0.2) is 0 Å². The molecule has 3 nitrogen and oxygen atoms in total. The van der Waals surface area contributed by atoms with Crippen LogP contribution in [-0.2, 0) is 4.79 Å². The summed E-state index contributed by atoms with van der Waals surface area (Å²) in [6.45, 7) is 4.02. The molecule has 1 fully saturated rings. The maximum absolute atomic E-state index is 12.0. The molecule has 0 aliphatic carbocycles. The zero-order valence-corrected chi connectivity index (χ0v) is 11.5. The number of nitrogens with one attached hydrogen (secondary N) is 1. The highest BCUT2D eigenvalue weighted by atomic mass is 32.2. The monoisotopic (exact) mass is 260 g/mol. The minimum absolute atomic E-state index is 0.0874. The number of hydrogen-bond acceptors (Lipinski definition) is 3. The molecule has 1 heterocycles. The van der Waals surface area contributed by atoms with Gasteiger partial charge in [-0.3, -0.25) is 4.79 Å². The van der Waals surface area contributed by atoms with Crippen molar-refractivity contribution in [3.63, 3.8) is 0 Å². The topological polar surface area (TPSA) is 55.1 Å². The van der Waals surface area contributed by atoms with Gasteiger partial charge >= 0.3 is 0 Å². The summed E-state index contributed by atoms with van der Waals surface area (Å²) in [5, 5.41) is 3.05. The van der Waals surface area contributed by atoms with Crippen LogP contribution < -0.4 is 11.1 Å². The van der Waals surface area contributed by atoms with Gasteiger partial charge in [-0.1, -0.05) is 32.5 Å². The number of nitrogens with two attached hydrogens (primary N) is 1. The number of amides is 1. The first-order valence-electron chi connectivity index (χ1n) is 5.73. The van der Waals surface area contributed by atoms with Gasteiger partial charge in [-0.05, 0) is 24.5 Å². The SMILES string of the molecule is CC(C)C(NC(=O)C1CCCCS1)C(N)=S. The molecule has 0 bridgehead atoms. The van der Waals surface area contributed by atoms with Gasteiger partial charge in [0.1, 0.15) is 0 Å². The Morgan fingerprint density at radius 3 is 2.62 bits per heavy atom. The Bertz CT molecular complexity index is 263. The van der Waals surface area contributed by atoms with E-state index in [1.165, 1.54) is 6.42 Å². The minimum Gasteiger partial charge on any atom is -0.392 e. The average Bonchev–Trinajstić information content (AvgIpc) is 2.25. The number of hydrogen-bond donors (Lipinski definition) is 2. The Balaban J connectivity index is 2.50. The van der Waals surface area contributed by atoms with Crippen LogP contribution in [0.15, 0.2) is 0 Å². The molecule has 1 aliphatic rings. The van der Waals surface area contributed by atoms with E-state index in [2.05, 4.69) is 5.32 Å². The second-order valence-corrected chi connectivity index (χ2v) is 6.27. The fourth-order valence-electron chi connectivity index (χ4n) is 1.76. The van der Waals surface area contributed by atoms with Gasteiger partial charge in [0, 0.05) is 0 Å². The third-order valence-corrected chi connectivity index (χ3v) is 4.37. The molecule has 2 atom stereocenters. The van der Waals surface area contributed by atoms with Gasteiger partial charge in [-0.2, -0.15) is 0 Å². The van der Waals surface area contributed by atoms with Crippen molar-refractivity contribution in [2.24, 2.45) is 11.7 Å². The van der Waals surface area contributed by atoms with Gasteiger partial charge in [0.25, 0.3) is 0 Å². The van der Waals surface area contributed by atoms with Crippen molar-refractivity contribution < 1.29 is 4.79 Å². The fraction of sp³-hybridized carbons (Fsp3) is 0.818. The zero-order chi connectivity index (χ0) is 12.1. The van der Waals surface area contributed by atoms with Crippen LogP contribution >= 0.6 is 24.0 Å². The van der Waals surface area contributed by atoms with Crippen LogP contribution in [0.2, 0.25) is 0 Å². The summed E-state index contributed by atoms with van der Waals surface area (Å²) in [6.07, 6.45) is 3.33. The van der Waals surface area contributed by atoms with E-state index in [4.69, 9.17) is 18.0 Å². The molecule has 1 amide bonds. The third-order valence-electron chi connectivity index (χ3n) is 2.74. The number of carbonyl (C=O) groups is 1. The summed E-state index contributed by atoms with van der Waals surface area (Å²) in [7, 11) is 0. The third kappa shape index (κ3) is 3.94. The van der Waals surface area contributed by atoms with Crippen molar-refractivity contribution in [3.05, 3.63) is 0 Å². The molecule has 92 valence electrons. The largest absolute Gasteiger partial charge is 0.392 e. The van der Waals surface area contributed by atoms with Crippen LogP contribution in [0.3, 0.4) is 0 Å². The first kappa shape index (κ1) is 13.8. The Hall–Kier alpha value is -0.290. The van der Waals surface area contributed by atoms with Crippen molar-refractivity contribution in [1.82, 2.24) is 5.32 Å². The van der Waals surface area contributed by atoms with Crippen molar-refractivity contribution >= 4 is 34.9 Å². The molecule has 0 radical (unpaired) electrons. The quantitative estimate of drug-likeness (QED) is 0.756. The molecule has 1 saturated heterocycles. The van der Waals surface area contributed by atoms with Crippen LogP contribution in [0.25, 0.3) is 0 Å². The number of thiocarbonyl (C=S) groups is 1. The Kier molecular flexibility index (Phi) is 5.55. The molecule has 5 heteroatoms. The average molecular weight is 260 g/mol. The predicted molar refractivity (Wildman–Crippen MR) is 73.7 cm³/mol. The smallest absolute Gasteiger partial charge is 0.233 e. The van der Waals surface area contributed by atoms with Crippen LogP contribution in [-0.4, -0.2) is 27.9 Å². The highest BCUT2D eigenvalue weighted by Gasteiger charge is 2.26. The van der Waals surface area contributed by atoms with Crippen molar-refractivity contribution in [1.29, 1.82) is 0 Å². The molecule has 16 heavy (non-hydrogen) atoms. The second-order valence-electron chi connectivity index (χ2n) is 4.49. The van der Waals surface area contributed by atoms with Crippen molar-refractivity contribution in [3.8, 4) is 0 Å².